The second-order valence-corrected chi connectivity index (χ2v) is 5.88. The van der Waals surface area contributed by atoms with Gasteiger partial charge >= 0.3 is 0 Å². The minimum absolute atomic E-state index is 0.274. The van der Waals surface area contributed by atoms with Gasteiger partial charge in [-0.05, 0) is 42.0 Å². The summed E-state index contributed by atoms with van der Waals surface area (Å²) in [6, 6.07) is 14.1. The van der Waals surface area contributed by atoms with Gasteiger partial charge in [-0.1, -0.05) is 62.4 Å². The summed E-state index contributed by atoms with van der Waals surface area (Å²) in [6.07, 6.45) is 3.88. The van der Waals surface area contributed by atoms with Gasteiger partial charge in [0.1, 0.15) is 11.4 Å². The Bertz CT molecular complexity index is 697. The summed E-state index contributed by atoms with van der Waals surface area (Å²) in [5, 5.41) is 10.4. The molecule has 0 radical (unpaired) electrons. The van der Waals surface area contributed by atoms with Gasteiger partial charge in [0.05, 0.1) is 0 Å². The number of aromatic hydroxyl groups is 1. The van der Waals surface area contributed by atoms with Gasteiger partial charge in [0.25, 0.3) is 0 Å². The van der Waals surface area contributed by atoms with Gasteiger partial charge in [-0.3, -0.25) is 4.99 Å². The lowest BCUT2D eigenvalue weighted by atomic mass is 9.99. The van der Waals surface area contributed by atoms with E-state index < -0.39 is 0 Å². The molecule has 0 heterocycles. The molecular formula is C20H23NO. The Balaban J connectivity index is 2.30. The summed E-state index contributed by atoms with van der Waals surface area (Å²) < 4.78 is 0. The quantitative estimate of drug-likeness (QED) is 0.728. The van der Waals surface area contributed by atoms with E-state index in [2.05, 4.69) is 37.0 Å². The lowest BCUT2D eigenvalue weighted by molar-refractivity contribution is 0.466. The van der Waals surface area contributed by atoms with Gasteiger partial charge in [0.15, 0.2) is 0 Å². The summed E-state index contributed by atoms with van der Waals surface area (Å²) in [6.45, 7) is 8.11. The summed E-state index contributed by atoms with van der Waals surface area (Å²) in [4.78, 5) is 4.50. The molecular weight excluding hydrogens is 270 g/mol. The highest BCUT2D eigenvalue weighted by Crippen LogP contribution is 2.37. The van der Waals surface area contributed by atoms with Gasteiger partial charge in [0, 0.05) is 6.21 Å². The van der Waals surface area contributed by atoms with Crippen LogP contribution < -0.4 is 0 Å². The van der Waals surface area contributed by atoms with Crippen molar-refractivity contribution in [2.24, 2.45) is 4.99 Å². The SMILES string of the molecule is C/C(C=Nc1c(C)ccc(C(C)C)c1O)=C\c1ccccc1. The van der Waals surface area contributed by atoms with Crippen LogP contribution in [0.2, 0.25) is 0 Å². The zero-order valence-corrected chi connectivity index (χ0v) is 13.7. The summed E-state index contributed by atoms with van der Waals surface area (Å²) in [5.41, 5.74) is 4.75. The fraction of sp³-hybridized carbons (Fsp3) is 0.250. The second-order valence-electron chi connectivity index (χ2n) is 5.88. The fourth-order valence-electron chi connectivity index (χ4n) is 2.34. The van der Waals surface area contributed by atoms with Crippen molar-refractivity contribution in [1.82, 2.24) is 0 Å². The van der Waals surface area contributed by atoms with E-state index in [1.54, 1.807) is 6.21 Å². The largest absolute Gasteiger partial charge is 0.505 e. The molecule has 114 valence electrons. The van der Waals surface area contributed by atoms with E-state index >= 15 is 0 Å². The van der Waals surface area contributed by atoms with Gasteiger partial charge in [-0.15, -0.1) is 0 Å². The smallest absolute Gasteiger partial charge is 0.144 e. The average Bonchev–Trinajstić information content (AvgIpc) is 2.47. The van der Waals surface area contributed by atoms with Crippen LogP contribution in [-0.4, -0.2) is 11.3 Å². The number of rotatable bonds is 4. The second kappa shape index (κ2) is 7.08. The van der Waals surface area contributed by atoms with Crippen molar-refractivity contribution in [1.29, 1.82) is 0 Å². The van der Waals surface area contributed by atoms with Crippen molar-refractivity contribution in [2.45, 2.75) is 33.6 Å². The first-order valence-corrected chi connectivity index (χ1v) is 7.59. The van der Waals surface area contributed by atoms with Crippen molar-refractivity contribution in [3.63, 3.8) is 0 Å². The lowest BCUT2D eigenvalue weighted by Crippen LogP contribution is -1.90. The number of aliphatic imine (C=N–C) groups is 1. The predicted molar refractivity (Wildman–Crippen MR) is 95.2 cm³/mol. The predicted octanol–water partition coefficient (Wildman–Crippen LogP) is 5.63. The summed E-state index contributed by atoms with van der Waals surface area (Å²) in [7, 11) is 0. The van der Waals surface area contributed by atoms with Crippen molar-refractivity contribution in [2.75, 3.05) is 0 Å². The van der Waals surface area contributed by atoms with Crippen LogP contribution >= 0.6 is 0 Å². The lowest BCUT2D eigenvalue weighted by Gasteiger charge is -2.12. The van der Waals surface area contributed by atoms with Gasteiger partial charge in [-0.2, -0.15) is 0 Å². The molecule has 2 aromatic carbocycles. The number of phenols is 1. The molecule has 0 unspecified atom stereocenters. The number of benzene rings is 2. The maximum Gasteiger partial charge on any atom is 0.144 e. The van der Waals surface area contributed by atoms with Crippen LogP contribution in [0.25, 0.3) is 6.08 Å². The van der Waals surface area contributed by atoms with Crippen LogP contribution in [-0.2, 0) is 0 Å². The first kappa shape index (κ1) is 16.0. The molecule has 2 heteroatoms. The molecule has 0 saturated heterocycles. The summed E-state index contributed by atoms with van der Waals surface area (Å²) in [5.74, 6) is 0.564. The minimum atomic E-state index is 0.274. The Morgan fingerprint density at radius 2 is 1.77 bits per heavy atom. The number of allylic oxidation sites excluding steroid dienone is 1. The molecule has 22 heavy (non-hydrogen) atoms. The van der Waals surface area contributed by atoms with E-state index in [-0.39, 0.29) is 5.92 Å². The van der Waals surface area contributed by atoms with Crippen molar-refractivity contribution in [3.8, 4) is 5.75 Å². The third kappa shape index (κ3) is 3.85. The molecule has 0 aliphatic carbocycles. The molecule has 0 amide bonds. The normalized spacial score (nSPS) is 12.3. The number of nitrogens with zero attached hydrogens (tertiary/aromatic N) is 1. The zero-order chi connectivity index (χ0) is 16.1. The monoisotopic (exact) mass is 293 g/mol. The highest BCUT2D eigenvalue weighted by molar-refractivity contribution is 5.87. The molecule has 0 bridgehead atoms. The molecule has 2 rings (SSSR count). The molecule has 2 nitrogen and oxygen atoms in total. The maximum atomic E-state index is 10.4. The van der Waals surface area contributed by atoms with E-state index in [4.69, 9.17) is 0 Å². The third-order valence-corrected chi connectivity index (χ3v) is 3.60. The van der Waals surface area contributed by atoms with Gasteiger partial charge in [0.2, 0.25) is 0 Å². The molecule has 0 aliphatic rings. The maximum absolute atomic E-state index is 10.4. The van der Waals surface area contributed by atoms with Crippen LogP contribution in [0.15, 0.2) is 53.0 Å². The molecule has 1 N–H and O–H groups in total. The molecule has 0 fully saturated rings. The molecule has 0 atom stereocenters. The fourth-order valence-corrected chi connectivity index (χ4v) is 2.34. The van der Waals surface area contributed by atoms with Crippen molar-refractivity contribution in [3.05, 3.63) is 64.7 Å². The van der Waals surface area contributed by atoms with E-state index in [0.29, 0.717) is 11.4 Å². The third-order valence-electron chi connectivity index (χ3n) is 3.60. The first-order chi connectivity index (χ1) is 10.5. The Morgan fingerprint density at radius 3 is 2.41 bits per heavy atom. The van der Waals surface area contributed by atoms with E-state index in [9.17, 15) is 5.11 Å². The van der Waals surface area contributed by atoms with Crippen LogP contribution in [0.4, 0.5) is 5.69 Å². The van der Waals surface area contributed by atoms with Crippen LogP contribution in [0.5, 0.6) is 5.75 Å². The molecule has 0 aliphatic heterocycles. The van der Waals surface area contributed by atoms with Gasteiger partial charge in [-0.25, -0.2) is 0 Å². The van der Waals surface area contributed by atoms with Crippen LogP contribution in [0.1, 0.15) is 43.4 Å². The summed E-state index contributed by atoms with van der Waals surface area (Å²) >= 11 is 0. The Kier molecular flexibility index (Phi) is 5.16. The van der Waals surface area contributed by atoms with E-state index in [1.807, 2.05) is 44.2 Å². The minimum Gasteiger partial charge on any atom is -0.505 e. The Labute approximate surface area is 132 Å². The number of phenolic OH excluding ortho intramolecular Hbond substituents is 1. The standard InChI is InChI=1S/C20H23NO/c1-14(2)18-11-10-16(4)19(20(18)22)21-13-15(3)12-17-8-6-5-7-9-17/h5-14,22H,1-4H3/b15-12+,21-13?. The van der Waals surface area contributed by atoms with E-state index in [1.165, 1.54) is 0 Å². The number of aryl methyl sites for hydroxylation is 1. The highest BCUT2D eigenvalue weighted by atomic mass is 16.3. The van der Waals surface area contributed by atoms with Crippen molar-refractivity contribution >= 4 is 18.0 Å². The van der Waals surface area contributed by atoms with Crippen molar-refractivity contribution < 1.29 is 5.11 Å². The molecule has 0 spiro atoms. The molecule has 0 saturated carbocycles. The average molecular weight is 293 g/mol. The van der Waals surface area contributed by atoms with Gasteiger partial charge < -0.3 is 5.11 Å². The topological polar surface area (TPSA) is 32.6 Å². The van der Waals surface area contributed by atoms with E-state index in [0.717, 1.165) is 22.3 Å². The molecule has 2 aromatic rings. The van der Waals surface area contributed by atoms with Crippen LogP contribution in [0, 0.1) is 6.92 Å². The van der Waals surface area contributed by atoms with Crippen LogP contribution in [0.3, 0.4) is 0 Å². The number of hydrogen-bond acceptors (Lipinski definition) is 2. The molecule has 0 aromatic heterocycles. The Hall–Kier alpha value is -2.35. The highest BCUT2D eigenvalue weighted by Gasteiger charge is 2.11. The number of hydrogen-bond donors (Lipinski definition) is 1. The Morgan fingerprint density at radius 1 is 1.09 bits per heavy atom. The zero-order valence-electron chi connectivity index (χ0n) is 13.7. The first-order valence-electron chi connectivity index (χ1n) is 7.59.